The number of hydrogen-bond donors (Lipinski definition) is 1. The van der Waals surface area contributed by atoms with E-state index in [0.29, 0.717) is 36.0 Å². The summed E-state index contributed by atoms with van der Waals surface area (Å²) in [6.07, 6.45) is 7.19. The molecule has 0 aromatic heterocycles. The van der Waals surface area contributed by atoms with Crippen molar-refractivity contribution in [2.24, 2.45) is 0 Å². The molecule has 0 aliphatic heterocycles. The molecular weight excluding hydrogens is 394 g/mol. The van der Waals surface area contributed by atoms with Crippen LogP contribution in [0.25, 0.3) is 6.08 Å². The molecule has 6 nitrogen and oxygen atoms in total. The molecular formula is C25H31NO5. The summed E-state index contributed by atoms with van der Waals surface area (Å²) < 4.78 is 16.3. The Balaban J connectivity index is 1.92. The number of ether oxygens (including phenoxy) is 3. The molecule has 0 saturated heterocycles. The van der Waals surface area contributed by atoms with Gasteiger partial charge in [0.25, 0.3) is 0 Å². The highest BCUT2D eigenvalue weighted by Gasteiger charge is 2.07. The second-order valence-electron chi connectivity index (χ2n) is 7.00. The number of amides is 1. The highest BCUT2D eigenvalue weighted by Crippen LogP contribution is 2.28. The Morgan fingerprint density at radius 3 is 2.39 bits per heavy atom. The molecule has 2 rings (SSSR count). The van der Waals surface area contributed by atoms with Crippen LogP contribution in [0.2, 0.25) is 0 Å². The van der Waals surface area contributed by atoms with Crippen molar-refractivity contribution in [2.45, 2.75) is 39.5 Å². The molecule has 0 atom stereocenters. The van der Waals surface area contributed by atoms with Crippen molar-refractivity contribution in [2.75, 3.05) is 25.6 Å². The molecule has 0 bridgehead atoms. The maximum atomic E-state index is 12.2. The van der Waals surface area contributed by atoms with Gasteiger partial charge in [0.1, 0.15) is 0 Å². The van der Waals surface area contributed by atoms with Crippen LogP contribution < -0.4 is 14.8 Å². The fourth-order valence-corrected chi connectivity index (χ4v) is 2.76. The van der Waals surface area contributed by atoms with E-state index in [-0.39, 0.29) is 11.9 Å². The number of rotatable bonds is 12. The fraction of sp³-hybridized carbons (Fsp3) is 0.360. The second kappa shape index (κ2) is 13.1. The van der Waals surface area contributed by atoms with E-state index in [2.05, 4.69) is 12.2 Å². The third kappa shape index (κ3) is 8.16. The van der Waals surface area contributed by atoms with E-state index in [1.54, 1.807) is 37.5 Å². The van der Waals surface area contributed by atoms with Crippen LogP contribution in [-0.4, -0.2) is 32.2 Å². The zero-order valence-corrected chi connectivity index (χ0v) is 18.5. The molecule has 2 aromatic rings. The average Bonchev–Trinajstić information content (AvgIpc) is 2.79. The molecule has 0 heterocycles. The molecule has 1 N–H and O–H groups in total. The molecule has 0 saturated carbocycles. The van der Waals surface area contributed by atoms with E-state index < -0.39 is 0 Å². The van der Waals surface area contributed by atoms with Crippen LogP contribution in [0.15, 0.2) is 48.5 Å². The predicted molar refractivity (Wildman–Crippen MR) is 123 cm³/mol. The Bertz CT molecular complexity index is 874. The first-order valence-corrected chi connectivity index (χ1v) is 10.6. The summed E-state index contributed by atoms with van der Waals surface area (Å²) in [5, 5.41) is 2.77. The van der Waals surface area contributed by atoms with E-state index in [1.165, 1.54) is 6.08 Å². The Morgan fingerprint density at radius 2 is 1.71 bits per heavy atom. The van der Waals surface area contributed by atoms with Gasteiger partial charge in [-0.05, 0) is 60.9 Å². The van der Waals surface area contributed by atoms with E-state index in [1.807, 2.05) is 25.1 Å². The van der Waals surface area contributed by atoms with Crippen LogP contribution in [0.1, 0.15) is 55.5 Å². The number of methoxy groups -OCH3 is 1. The third-order valence-corrected chi connectivity index (χ3v) is 4.45. The van der Waals surface area contributed by atoms with Gasteiger partial charge in [0.05, 0.1) is 25.9 Å². The van der Waals surface area contributed by atoms with Crippen LogP contribution in [0.4, 0.5) is 5.69 Å². The molecule has 0 aliphatic carbocycles. The highest BCUT2D eigenvalue weighted by atomic mass is 16.5. The summed E-state index contributed by atoms with van der Waals surface area (Å²) in [6, 6.07) is 12.1. The first kappa shape index (κ1) is 24.0. The summed E-state index contributed by atoms with van der Waals surface area (Å²) in [4.78, 5) is 24.0. The first-order valence-electron chi connectivity index (χ1n) is 10.6. The van der Waals surface area contributed by atoms with Crippen LogP contribution in [0.3, 0.4) is 0 Å². The molecule has 6 heteroatoms. The zero-order chi connectivity index (χ0) is 22.5. The van der Waals surface area contributed by atoms with E-state index >= 15 is 0 Å². The maximum Gasteiger partial charge on any atom is 0.338 e. The highest BCUT2D eigenvalue weighted by molar-refractivity contribution is 6.02. The number of anilines is 1. The number of esters is 1. The monoisotopic (exact) mass is 425 g/mol. The molecule has 0 spiro atoms. The summed E-state index contributed by atoms with van der Waals surface area (Å²) in [6.45, 7) is 5.12. The topological polar surface area (TPSA) is 73.9 Å². The van der Waals surface area contributed by atoms with Crippen LogP contribution >= 0.6 is 0 Å². The van der Waals surface area contributed by atoms with Crippen molar-refractivity contribution in [3.05, 3.63) is 59.7 Å². The smallest absolute Gasteiger partial charge is 0.338 e. The van der Waals surface area contributed by atoms with E-state index in [4.69, 9.17) is 14.2 Å². The molecule has 0 fully saturated rings. The van der Waals surface area contributed by atoms with Gasteiger partial charge in [0.2, 0.25) is 5.91 Å². The molecule has 2 aromatic carbocycles. The standard InChI is InChI=1S/C25H31NO5/c1-4-6-7-17-30-22-14-8-19(18-23(22)29-3)9-15-24(27)26-21-12-10-20(11-13-21)25(28)31-16-5-2/h8-15,18H,4-7,16-17H2,1-3H3,(H,26,27)/b15-9+. The summed E-state index contributed by atoms with van der Waals surface area (Å²) in [5.41, 5.74) is 1.86. The van der Waals surface area contributed by atoms with Gasteiger partial charge in [-0.1, -0.05) is 32.8 Å². The van der Waals surface area contributed by atoms with Crippen molar-refractivity contribution in [1.29, 1.82) is 0 Å². The Kier molecular flexibility index (Phi) is 10.1. The van der Waals surface area contributed by atoms with Crippen LogP contribution in [-0.2, 0) is 9.53 Å². The van der Waals surface area contributed by atoms with Crippen LogP contribution in [0, 0.1) is 0 Å². The third-order valence-electron chi connectivity index (χ3n) is 4.45. The maximum absolute atomic E-state index is 12.2. The molecule has 0 aliphatic rings. The van der Waals surface area contributed by atoms with E-state index in [0.717, 1.165) is 31.2 Å². The van der Waals surface area contributed by atoms with Gasteiger partial charge < -0.3 is 19.5 Å². The first-order chi connectivity index (χ1) is 15.1. The Labute approximate surface area is 184 Å². The number of hydrogen-bond acceptors (Lipinski definition) is 5. The molecule has 31 heavy (non-hydrogen) atoms. The lowest BCUT2D eigenvalue weighted by atomic mass is 10.1. The van der Waals surface area contributed by atoms with Crippen molar-refractivity contribution in [3.8, 4) is 11.5 Å². The van der Waals surface area contributed by atoms with Gasteiger partial charge in [-0.2, -0.15) is 0 Å². The van der Waals surface area contributed by atoms with Crippen molar-refractivity contribution < 1.29 is 23.8 Å². The summed E-state index contributed by atoms with van der Waals surface area (Å²) in [7, 11) is 1.59. The minimum atomic E-state index is -0.369. The lowest BCUT2D eigenvalue weighted by molar-refractivity contribution is -0.111. The predicted octanol–water partition coefficient (Wildman–Crippen LogP) is 5.48. The van der Waals surface area contributed by atoms with Crippen molar-refractivity contribution >= 4 is 23.6 Å². The Hall–Kier alpha value is -3.28. The lowest BCUT2D eigenvalue weighted by Gasteiger charge is -2.11. The quantitative estimate of drug-likeness (QED) is 0.277. The molecule has 1 amide bonds. The number of unbranched alkanes of at least 4 members (excludes halogenated alkanes) is 2. The Morgan fingerprint density at radius 1 is 0.935 bits per heavy atom. The summed E-state index contributed by atoms with van der Waals surface area (Å²) >= 11 is 0. The number of carbonyl (C=O) groups excluding carboxylic acids is 2. The normalized spacial score (nSPS) is 10.7. The van der Waals surface area contributed by atoms with Gasteiger partial charge in [-0.3, -0.25) is 4.79 Å². The molecule has 166 valence electrons. The van der Waals surface area contributed by atoms with Gasteiger partial charge in [-0.15, -0.1) is 0 Å². The van der Waals surface area contributed by atoms with E-state index in [9.17, 15) is 9.59 Å². The minimum absolute atomic E-state index is 0.278. The van der Waals surface area contributed by atoms with Crippen molar-refractivity contribution in [1.82, 2.24) is 0 Å². The van der Waals surface area contributed by atoms with Gasteiger partial charge in [0.15, 0.2) is 11.5 Å². The molecule has 0 unspecified atom stereocenters. The minimum Gasteiger partial charge on any atom is -0.493 e. The SMILES string of the molecule is CCCCCOc1ccc(/C=C/C(=O)Nc2ccc(C(=O)OCCC)cc2)cc1OC. The fourth-order valence-electron chi connectivity index (χ4n) is 2.76. The van der Waals surface area contributed by atoms with Crippen molar-refractivity contribution in [3.63, 3.8) is 0 Å². The number of nitrogens with one attached hydrogen (secondary N) is 1. The van der Waals surface area contributed by atoms with Crippen LogP contribution in [0.5, 0.6) is 11.5 Å². The second-order valence-corrected chi connectivity index (χ2v) is 7.00. The summed E-state index contributed by atoms with van der Waals surface area (Å²) in [5.74, 6) is 0.675. The van der Waals surface area contributed by atoms with Gasteiger partial charge in [-0.25, -0.2) is 4.79 Å². The van der Waals surface area contributed by atoms with Gasteiger partial charge in [0, 0.05) is 11.8 Å². The average molecular weight is 426 g/mol. The van der Waals surface area contributed by atoms with Gasteiger partial charge >= 0.3 is 5.97 Å². The lowest BCUT2D eigenvalue weighted by Crippen LogP contribution is -2.09. The zero-order valence-electron chi connectivity index (χ0n) is 18.5. The number of benzene rings is 2. The number of carbonyl (C=O) groups is 2. The molecule has 0 radical (unpaired) electrons. The largest absolute Gasteiger partial charge is 0.493 e.